The van der Waals surface area contributed by atoms with E-state index in [9.17, 15) is 4.79 Å². The highest BCUT2D eigenvalue weighted by Crippen LogP contribution is 2.49. The molecule has 1 aromatic carbocycles. The van der Waals surface area contributed by atoms with Crippen LogP contribution in [0.5, 0.6) is 0 Å². The summed E-state index contributed by atoms with van der Waals surface area (Å²) in [6.07, 6.45) is 5.26. The number of benzene rings is 1. The topological polar surface area (TPSA) is 76.5 Å². The number of aromatic nitrogens is 5. The molecule has 1 saturated carbocycles. The van der Waals surface area contributed by atoms with Gasteiger partial charge in [0.1, 0.15) is 12.2 Å². The van der Waals surface area contributed by atoms with Gasteiger partial charge in [0.15, 0.2) is 5.78 Å². The number of aromatic amines is 1. The van der Waals surface area contributed by atoms with Gasteiger partial charge in [0.25, 0.3) is 0 Å². The number of carbonyl (C=O) groups excluding carboxylic acids is 1. The first-order chi connectivity index (χ1) is 10.8. The SMILES string of the molecule is O=C(Cn1cc(-c2ccn[nH]2)nn1)C1(c2ccccc2)CC1. The molecule has 0 amide bonds. The van der Waals surface area contributed by atoms with Gasteiger partial charge in [-0.25, -0.2) is 4.68 Å². The number of hydrogen-bond acceptors (Lipinski definition) is 4. The van der Waals surface area contributed by atoms with E-state index in [-0.39, 0.29) is 17.7 Å². The van der Waals surface area contributed by atoms with Gasteiger partial charge in [-0.3, -0.25) is 9.89 Å². The predicted octanol–water partition coefficient (Wildman–Crippen LogP) is 1.97. The lowest BCUT2D eigenvalue weighted by molar-refractivity contribution is -0.122. The number of H-pyrrole nitrogens is 1. The maximum Gasteiger partial charge on any atom is 0.164 e. The van der Waals surface area contributed by atoms with Crippen molar-refractivity contribution in [1.82, 2.24) is 25.2 Å². The fraction of sp³-hybridized carbons (Fsp3) is 0.250. The number of rotatable bonds is 5. The van der Waals surface area contributed by atoms with Gasteiger partial charge in [0.05, 0.1) is 17.3 Å². The third kappa shape index (κ3) is 2.13. The number of carbonyl (C=O) groups is 1. The van der Waals surface area contributed by atoms with Crippen molar-refractivity contribution in [2.24, 2.45) is 0 Å². The van der Waals surface area contributed by atoms with Gasteiger partial charge in [-0.2, -0.15) is 5.10 Å². The summed E-state index contributed by atoms with van der Waals surface area (Å²) < 4.78 is 1.60. The highest BCUT2D eigenvalue weighted by atomic mass is 16.1. The monoisotopic (exact) mass is 293 g/mol. The maximum absolute atomic E-state index is 12.7. The van der Waals surface area contributed by atoms with Crippen molar-refractivity contribution in [2.45, 2.75) is 24.8 Å². The van der Waals surface area contributed by atoms with Crippen LogP contribution in [0.15, 0.2) is 48.8 Å². The number of Topliss-reactive ketones (excluding diaryl/α,β-unsaturated/α-hetero) is 1. The third-order valence-electron chi connectivity index (χ3n) is 4.23. The molecule has 0 atom stereocenters. The van der Waals surface area contributed by atoms with Crippen molar-refractivity contribution < 1.29 is 4.79 Å². The predicted molar refractivity (Wildman–Crippen MR) is 80.0 cm³/mol. The number of hydrogen-bond donors (Lipinski definition) is 1. The van der Waals surface area contributed by atoms with E-state index < -0.39 is 0 Å². The van der Waals surface area contributed by atoms with Crippen LogP contribution in [0.4, 0.5) is 0 Å². The molecule has 0 bridgehead atoms. The molecule has 0 spiro atoms. The Morgan fingerprint density at radius 3 is 2.73 bits per heavy atom. The average Bonchev–Trinajstić information content (AvgIpc) is 2.97. The molecule has 2 aromatic heterocycles. The molecule has 3 aromatic rings. The van der Waals surface area contributed by atoms with E-state index >= 15 is 0 Å². The van der Waals surface area contributed by atoms with E-state index in [4.69, 9.17) is 0 Å². The first kappa shape index (κ1) is 12.9. The molecular weight excluding hydrogens is 278 g/mol. The highest BCUT2D eigenvalue weighted by molar-refractivity contribution is 5.92. The lowest BCUT2D eigenvalue weighted by Crippen LogP contribution is -2.25. The van der Waals surface area contributed by atoms with Crippen LogP contribution in [0.25, 0.3) is 11.4 Å². The first-order valence-electron chi connectivity index (χ1n) is 7.27. The van der Waals surface area contributed by atoms with Gasteiger partial charge in [-0.05, 0) is 24.5 Å². The largest absolute Gasteiger partial charge is 0.297 e. The molecule has 0 saturated heterocycles. The van der Waals surface area contributed by atoms with Crippen LogP contribution in [0.3, 0.4) is 0 Å². The van der Waals surface area contributed by atoms with E-state index in [1.807, 2.05) is 36.4 Å². The molecule has 1 fully saturated rings. The average molecular weight is 293 g/mol. The first-order valence-corrected chi connectivity index (χ1v) is 7.27. The molecule has 1 aliphatic carbocycles. The Morgan fingerprint density at radius 1 is 1.23 bits per heavy atom. The van der Waals surface area contributed by atoms with Gasteiger partial charge in [-0.15, -0.1) is 5.10 Å². The molecule has 0 radical (unpaired) electrons. The highest BCUT2D eigenvalue weighted by Gasteiger charge is 2.50. The second kappa shape index (κ2) is 4.91. The van der Waals surface area contributed by atoms with Crippen molar-refractivity contribution in [3.05, 3.63) is 54.4 Å². The fourth-order valence-electron chi connectivity index (χ4n) is 2.81. The van der Waals surface area contributed by atoms with Gasteiger partial charge < -0.3 is 0 Å². The molecule has 1 aliphatic rings. The summed E-state index contributed by atoms with van der Waals surface area (Å²) in [6.45, 7) is 0.246. The van der Waals surface area contributed by atoms with Crippen LogP contribution in [0, 0.1) is 0 Å². The minimum absolute atomic E-state index is 0.194. The van der Waals surface area contributed by atoms with Crippen molar-refractivity contribution >= 4 is 5.78 Å². The summed E-state index contributed by atoms with van der Waals surface area (Å²) in [5.41, 5.74) is 2.27. The van der Waals surface area contributed by atoms with Gasteiger partial charge >= 0.3 is 0 Å². The van der Waals surface area contributed by atoms with Crippen molar-refractivity contribution in [3.8, 4) is 11.4 Å². The molecule has 110 valence electrons. The number of nitrogens with one attached hydrogen (secondary N) is 1. The summed E-state index contributed by atoms with van der Waals surface area (Å²) in [5.74, 6) is 0.194. The molecule has 1 N–H and O–H groups in total. The molecular formula is C16H15N5O. The summed E-state index contributed by atoms with van der Waals surface area (Å²) in [7, 11) is 0. The molecule has 2 heterocycles. The van der Waals surface area contributed by atoms with Crippen LogP contribution in [0.1, 0.15) is 18.4 Å². The third-order valence-corrected chi connectivity index (χ3v) is 4.23. The van der Waals surface area contributed by atoms with Crippen LogP contribution < -0.4 is 0 Å². The van der Waals surface area contributed by atoms with Crippen LogP contribution in [-0.4, -0.2) is 31.0 Å². The van der Waals surface area contributed by atoms with Crippen LogP contribution >= 0.6 is 0 Å². The van der Waals surface area contributed by atoms with Crippen LogP contribution in [0.2, 0.25) is 0 Å². The van der Waals surface area contributed by atoms with Gasteiger partial charge in [-0.1, -0.05) is 35.5 Å². The Morgan fingerprint density at radius 2 is 2.05 bits per heavy atom. The molecule has 0 aliphatic heterocycles. The second-order valence-electron chi connectivity index (χ2n) is 5.64. The van der Waals surface area contributed by atoms with E-state index in [0.717, 1.165) is 24.1 Å². The Hall–Kier alpha value is -2.76. The van der Waals surface area contributed by atoms with Crippen molar-refractivity contribution in [1.29, 1.82) is 0 Å². The molecule has 6 heteroatoms. The normalized spacial score (nSPS) is 15.6. The lowest BCUT2D eigenvalue weighted by atomic mass is 9.91. The Kier molecular flexibility index (Phi) is 2.89. The quantitative estimate of drug-likeness (QED) is 0.780. The lowest BCUT2D eigenvalue weighted by Gasteiger charge is -2.14. The Balaban J connectivity index is 1.53. The van der Waals surface area contributed by atoms with Crippen molar-refractivity contribution in [2.75, 3.05) is 0 Å². The summed E-state index contributed by atoms with van der Waals surface area (Å²) in [4.78, 5) is 12.7. The Labute approximate surface area is 127 Å². The van der Waals surface area contributed by atoms with E-state index in [2.05, 4.69) is 20.5 Å². The molecule has 6 nitrogen and oxygen atoms in total. The molecule has 0 unspecified atom stereocenters. The number of nitrogens with zero attached hydrogens (tertiary/aromatic N) is 4. The Bertz CT molecular complexity index is 787. The van der Waals surface area contributed by atoms with Gasteiger partial charge in [0.2, 0.25) is 0 Å². The smallest absolute Gasteiger partial charge is 0.164 e. The fourth-order valence-corrected chi connectivity index (χ4v) is 2.81. The summed E-state index contributed by atoms with van der Waals surface area (Å²) >= 11 is 0. The summed E-state index contributed by atoms with van der Waals surface area (Å²) in [6, 6.07) is 11.8. The zero-order chi connectivity index (χ0) is 15.0. The minimum atomic E-state index is -0.318. The molecule has 4 rings (SSSR count). The number of ketones is 1. The maximum atomic E-state index is 12.7. The van der Waals surface area contributed by atoms with E-state index in [1.165, 1.54) is 0 Å². The molecule has 22 heavy (non-hydrogen) atoms. The van der Waals surface area contributed by atoms with E-state index in [1.54, 1.807) is 17.1 Å². The minimum Gasteiger partial charge on any atom is -0.297 e. The standard InChI is InChI=1S/C16H15N5O/c22-15(16(7-8-16)12-4-2-1-3-5-12)11-21-10-14(19-20-21)13-6-9-17-18-13/h1-6,9-10H,7-8,11H2,(H,17,18). The van der Waals surface area contributed by atoms with E-state index in [0.29, 0.717) is 5.69 Å². The second-order valence-corrected chi connectivity index (χ2v) is 5.64. The van der Waals surface area contributed by atoms with Crippen molar-refractivity contribution in [3.63, 3.8) is 0 Å². The zero-order valence-electron chi connectivity index (χ0n) is 11.9. The van der Waals surface area contributed by atoms with Crippen LogP contribution in [-0.2, 0) is 16.8 Å². The summed E-state index contributed by atoms with van der Waals surface area (Å²) in [5, 5.41) is 14.8. The zero-order valence-corrected chi connectivity index (χ0v) is 11.9. The van der Waals surface area contributed by atoms with Gasteiger partial charge in [0, 0.05) is 6.20 Å².